The lowest BCUT2D eigenvalue weighted by Crippen LogP contribution is -2.23. The molecule has 0 fully saturated rings. The molecule has 0 aliphatic rings. The summed E-state index contributed by atoms with van der Waals surface area (Å²) in [6.07, 6.45) is 0. The molecule has 6 nitrogen and oxygen atoms in total. The summed E-state index contributed by atoms with van der Waals surface area (Å²) in [5, 5.41) is 2.67. The molecule has 0 aliphatic heterocycles. The van der Waals surface area contributed by atoms with Crippen LogP contribution in [0, 0.1) is 0 Å². The van der Waals surface area contributed by atoms with Crippen LogP contribution in [0.2, 0.25) is 0 Å². The van der Waals surface area contributed by atoms with Gasteiger partial charge in [-0.1, -0.05) is 0 Å². The van der Waals surface area contributed by atoms with Crippen molar-refractivity contribution in [1.29, 1.82) is 0 Å². The van der Waals surface area contributed by atoms with Crippen LogP contribution < -0.4 is 14.2 Å². The minimum Gasteiger partial charge on any atom is -0.497 e. The van der Waals surface area contributed by atoms with Crippen LogP contribution >= 0.6 is 11.3 Å². The SMILES string of the molecule is COc1ccc(-c2nc(CNS(=O)(=O)c3ccc(OC)cc3)cs2)cc1. The van der Waals surface area contributed by atoms with E-state index in [1.54, 1.807) is 19.2 Å². The Hall–Kier alpha value is -2.42. The monoisotopic (exact) mass is 390 g/mol. The number of nitrogens with one attached hydrogen (secondary N) is 1. The molecule has 0 bridgehead atoms. The Labute approximate surface area is 156 Å². The van der Waals surface area contributed by atoms with E-state index in [4.69, 9.17) is 9.47 Å². The van der Waals surface area contributed by atoms with Crippen LogP contribution in [0.15, 0.2) is 58.8 Å². The number of thiazole rings is 1. The molecule has 0 spiro atoms. The topological polar surface area (TPSA) is 77.5 Å². The van der Waals surface area contributed by atoms with Crippen molar-refractivity contribution in [3.8, 4) is 22.1 Å². The van der Waals surface area contributed by atoms with Crippen molar-refractivity contribution >= 4 is 21.4 Å². The van der Waals surface area contributed by atoms with Gasteiger partial charge in [-0.15, -0.1) is 11.3 Å². The molecule has 0 atom stereocenters. The first kappa shape index (κ1) is 18.4. The predicted octanol–water partition coefficient (Wildman–Crippen LogP) is 3.31. The lowest BCUT2D eigenvalue weighted by Gasteiger charge is -2.06. The van der Waals surface area contributed by atoms with Gasteiger partial charge in [-0.25, -0.2) is 18.1 Å². The van der Waals surface area contributed by atoms with Crippen LogP contribution in [0.5, 0.6) is 11.5 Å². The number of nitrogens with zero attached hydrogens (tertiary/aromatic N) is 1. The number of hydrogen-bond acceptors (Lipinski definition) is 6. The molecule has 0 amide bonds. The molecule has 0 saturated heterocycles. The molecular weight excluding hydrogens is 372 g/mol. The summed E-state index contributed by atoms with van der Waals surface area (Å²) in [6, 6.07) is 13.8. The normalized spacial score (nSPS) is 11.3. The quantitative estimate of drug-likeness (QED) is 0.670. The second kappa shape index (κ2) is 7.86. The molecule has 26 heavy (non-hydrogen) atoms. The number of ether oxygens (including phenoxy) is 2. The molecule has 3 rings (SSSR count). The van der Waals surface area contributed by atoms with E-state index in [-0.39, 0.29) is 11.4 Å². The van der Waals surface area contributed by atoms with Crippen LogP contribution in [0.3, 0.4) is 0 Å². The third-order valence-electron chi connectivity index (χ3n) is 3.70. The minimum absolute atomic E-state index is 0.126. The smallest absolute Gasteiger partial charge is 0.240 e. The van der Waals surface area contributed by atoms with Gasteiger partial charge in [-0.05, 0) is 48.5 Å². The first-order chi connectivity index (χ1) is 12.5. The number of sulfonamides is 1. The van der Waals surface area contributed by atoms with E-state index >= 15 is 0 Å². The average Bonchev–Trinajstić information content (AvgIpc) is 3.16. The van der Waals surface area contributed by atoms with Gasteiger partial charge < -0.3 is 9.47 Å². The molecule has 136 valence electrons. The van der Waals surface area contributed by atoms with Crippen molar-refractivity contribution in [2.75, 3.05) is 14.2 Å². The Bertz CT molecular complexity index is 965. The summed E-state index contributed by atoms with van der Waals surface area (Å²) in [5.74, 6) is 1.38. The van der Waals surface area contributed by atoms with Crippen molar-refractivity contribution in [2.24, 2.45) is 0 Å². The standard InChI is InChI=1S/C18H18N2O4S2/c1-23-15-5-3-13(4-6-15)18-20-14(12-25-18)11-19-26(21,22)17-9-7-16(24-2)8-10-17/h3-10,12,19H,11H2,1-2H3. The lowest BCUT2D eigenvalue weighted by atomic mass is 10.2. The van der Waals surface area contributed by atoms with Gasteiger partial charge >= 0.3 is 0 Å². The third kappa shape index (κ3) is 4.21. The van der Waals surface area contributed by atoms with Crippen LogP contribution in [0.4, 0.5) is 0 Å². The van der Waals surface area contributed by atoms with Crippen molar-refractivity contribution in [2.45, 2.75) is 11.4 Å². The van der Waals surface area contributed by atoms with Crippen LogP contribution in [-0.4, -0.2) is 27.6 Å². The molecule has 1 heterocycles. The van der Waals surface area contributed by atoms with Gasteiger partial charge in [0.1, 0.15) is 16.5 Å². The number of benzene rings is 2. The van der Waals surface area contributed by atoms with Crippen molar-refractivity contribution in [3.05, 3.63) is 59.6 Å². The largest absolute Gasteiger partial charge is 0.497 e. The fourth-order valence-electron chi connectivity index (χ4n) is 2.26. The summed E-state index contributed by atoms with van der Waals surface area (Å²) in [6.45, 7) is 0.126. The third-order valence-corrected chi connectivity index (χ3v) is 6.06. The maximum absolute atomic E-state index is 12.4. The fraction of sp³-hybridized carbons (Fsp3) is 0.167. The zero-order valence-electron chi connectivity index (χ0n) is 14.3. The Morgan fingerprint density at radius 2 is 1.54 bits per heavy atom. The molecule has 2 aromatic carbocycles. The van der Waals surface area contributed by atoms with E-state index in [2.05, 4.69) is 9.71 Å². The molecular formula is C18H18N2O4S2. The van der Waals surface area contributed by atoms with Gasteiger partial charge in [0.05, 0.1) is 31.4 Å². The van der Waals surface area contributed by atoms with E-state index < -0.39 is 10.0 Å². The highest BCUT2D eigenvalue weighted by Gasteiger charge is 2.15. The molecule has 0 radical (unpaired) electrons. The Morgan fingerprint density at radius 1 is 0.962 bits per heavy atom. The van der Waals surface area contributed by atoms with Gasteiger partial charge in [0, 0.05) is 10.9 Å². The second-order valence-corrected chi connectivity index (χ2v) is 8.00. The lowest BCUT2D eigenvalue weighted by molar-refractivity contribution is 0.414. The first-order valence-corrected chi connectivity index (χ1v) is 10.1. The summed E-state index contributed by atoms with van der Waals surface area (Å²) < 4.78 is 37.5. The van der Waals surface area contributed by atoms with Gasteiger partial charge in [-0.2, -0.15) is 0 Å². The summed E-state index contributed by atoms with van der Waals surface area (Å²) in [5.41, 5.74) is 1.62. The van der Waals surface area contributed by atoms with Crippen molar-refractivity contribution in [1.82, 2.24) is 9.71 Å². The average molecular weight is 390 g/mol. The predicted molar refractivity (Wildman–Crippen MR) is 101 cm³/mol. The van der Waals surface area contributed by atoms with E-state index in [0.29, 0.717) is 11.4 Å². The van der Waals surface area contributed by atoms with E-state index in [1.165, 1.54) is 30.6 Å². The molecule has 1 aromatic heterocycles. The summed E-state index contributed by atoms with van der Waals surface area (Å²) in [4.78, 5) is 4.68. The van der Waals surface area contributed by atoms with Crippen molar-refractivity contribution in [3.63, 3.8) is 0 Å². The number of hydrogen-bond donors (Lipinski definition) is 1. The number of methoxy groups -OCH3 is 2. The Kier molecular flexibility index (Phi) is 5.55. The molecule has 1 N–H and O–H groups in total. The van der Waals surface area contributed by atoms with E-state index in [1.807, 2.05) is 29.6 Å². The van der Waals surface area contributed by atoms with Gasteiger partial charge in [0.15, 0.2) is 0 Å². The maximum Gasteiger partial charge on any atom is 0.240 e. The fourth-order valence-corrected chi connectivity index (χ4v) is 4.09. The molecule has 8 heteroatoms. The highest BCUT2D eigenvalue weighted by Crippen LogP contribution is 2.26. The first-order valence-electron chi connectivity index (χ1n) is 7.74. The second-order valence-electron chi connectivity index (χ2n) is 5.37. The van der Waals surface area contributed by atoms with Crippen LogP contribution in [0.1, 0.15) is 5.69 Å². The molecule has 3 aromatic rings. The van der Waals surface area contributed by atoms with Gasteiger partial charge in [-0.3, -0.25) is 0 Å². The Balaban J connectivity index is 1.68. The summed E-state index contributed by atoms with van der Waals surface area (Å²) >= 11 is 1.46. The molecule has 0 unspecified atom stereocenters. The number of rotatable bonds is 7. The van der Waals surface area contributed by atoms with Crippen LogP contribution in [0.25, 0.3) is 10.6 Å². The van der Waals surface area contributed by atoms with Gasteiger partial charge in [0.25, 0.3) is 0 Å². The zero-order valence-corrected chi connectivity index (χ0v) is 15.9. The number of aromatic nitrogens is 1. The van der Waals surface area contributed by atoms with E-state index in [9.17, 15) is 8.42 Å². The van der Waals surface area contributed by atoms with Crippen LogP contribution in [-0.2, 0) is 16.6 Å². The maximum atomic E-state index is 12.4. The Morgan fingerprint density at radius 3 is 2.12 bits per heavy atom. The highest BCUT2D eigenvalue weighted by molar-refractivity contribution is 7.89. The summed E-state index contributed by atoms with van der Waals surface area (Å²) in [7, 11) is -0.457. The molecule has 0 aliphatic carbocycles. The highest BCUT2D eigenvalue weighted by atomic mass is 32.2. The molecule has 0 saturated carbocycles. The van der Waals surface area contributed by atoms with E-state index in [0.717, 1.165) is 16.3 Å². The minimum atomic E-state index is -3.61. The van der Waals surface area contributed by atoms with Crippen molar-refractivity contribution < 1.29 is 17.9 Å². The zero-order chi connectivity index (χ0) is 18.6. The van der Waals surface area contributed by atoms with Gasteiger partial charge in [0.2, 0.25) is 10.0 Å².